The van der Waals surface area contributed by atoms with Gasteiger partial charge in [-0.3, -0.25) is 0 Å². The van der Waals surface area contributed by atoms with Crippen molar-refractivity contribution in [2.24, 2.45) is 0 Å². The Morgan fingerprint density at radius 3 is 2.21 bits per heavy atom. The summed E-state index contributed by atoms with van der Waals surface area (Å²) in [5, 5.41) is 0. The first-order valence-corrected chi connectivity index (χ1v) is 8.86. The van der Waals surface area contributed by atoms with Crippen LogP contribution in [0.4, 0.5) is 0 Å². The maximum absolute atomic E-state index is 6.16. The first kappa shape index (κ1) is 20.0. The average molecular weight is 329 g/mol. The molecule has 0 amide bonds. The number of ether oxygens (including phenoxy) is 2. The summed E-state index contributed by atoms with van der Waals surface area (Å²) in [6.07, 6.45) is 0.0716. The summed E-state index contributed by atoms with van der Waals surface area (Å²) in [5.74, 6) is 1.69. The third-order valence-corrected chi connectivity index (χ3v) is 3.34. The monoisotopic (exact) mass is 329 g/mol. The van der Waals surface area contributed by atoms with Gasteiger partial charge in [-0.1, -0.05) is 70.2 Å². The number of benzene rings is 2. The number of para-hydroxylation sites is 1. The molecule has 0 aliphatic carbocycles. The molecule has 2 aromatic rings. The first-order chi connectivity index (χ1) is 11.7. The Labute approximate surface area is 147 Å². The van der Waals surface area contributed by atoms with Crippen molar-refractivity contribution < 1.29 is 9.47 Å². The summed E-state index contributed by atoms with van der Waals surface area (Å²) in [7, 11) is 4.09. The summed E-state index contributed by atoms with van der Waals surface area (Å²) in [6.45, 7) is 9.45. The molecule has 0 N–H and O–H groups in total. The van der Waals surface area contributed by atoms with E-state index >= 15 is 0 Å². The van der Waals surface area contributed by atoms with Crippen LogP contribution in [0.25, 0.3) is 11.1 Å². The predicted molar refractivity (Wildman–Crippen MR) is 103 cm³/mol. The van der Waals surface area contributed by atoms with Gasteiger partial charge in [0.05, 0.1) is 0 Å². The van der Waals surface area contributed by atoms with Crippen molar-refractivity contribution in [2.45, 2.75) is 33.8 Å². The van der Waals surface area contributed by atoms with Gasteiger partial charge in [0.1, 0.15) is 12.7 Å². The SMILES string of the molecule is CC.CC.CN(C)C[C@H]1COc2cccc(-c3ccccc3)c2O1. The van der Waals surface area contributed by atoms with E-state index in [1.165, 1.54) is 0 Å². The van der Waals surface area contributed by atoms with Gasteiger partial charge in [-0.05, 0) is 25.7 Å². The van der Waals surface area contributed by atoms with Gasteiger partial charge in [0, 0.05) is 12.1 Å². The van der Waals surface area contributed by atoms with Gasteiger partial charge in [-0.15, -0.1) is 0 Å². The summed E-state index contributed by atoms with van der Waals surface area (Å²) < 4.78 is 12.0. The maximum Gasteiger partial charge on any atom is 0.169 e. The molecule has 1 aliphatic rings. The largest absolute Gasteiger partial charge is 0.486 e. The summed E-state index contributed by atoms with van der Waals surface area (Å²) in [5.41, 5.74) is 2.24. The molecule has 0 bridgehead atoms. The van der Waals surface area contributed by atoms with Gasteiger partial charge in [0.2, 0.25) is 0 Å². The second kappa shape index (κ2) is 10.7. The molecule has 0 saturated carbocycles. The third kappa shape index (κ3) is 5.27. The highest BCUT2D eigenvalue weighted by molar-refractivity contribution is 5.74. The Hall–Kier alpha value is -2.00. The molecule has 0 unspecified atom stereocenters. The smallest absolute Gasteiger partial charge is 0.169 e. The highest BCUT2D eigenvalue weighted by atomic mass is 16.6. The van der Waals surface area contributed by atoms with Gasteiger partial charge in [-0.2, -0.15) is 0 Å². The zero-order valence-electron chi connectivity index (χ0n) is 15.9. The van der Waals surface area contributed by atoms with Crippen LogP contribution in [-0.2, 0) is 0 Å². The molecule has 0 fully saturated rings. The Morgan fingerprint density at radius 2 is 1.58 bits per heavy atom. The number of fused-ring (bicyclic) bond motifs is 1. The minimum absolute atomic E-state index is 0.0716. The van der Waals surface area contributed by atoms with Crippen LogP contribution in [0, 0.1) is 0 Å². The third-order valence-electron chi connectivity index (χ3n) is 3.34. The van der Waals surface area contributed by atoms with Crippen molar-refractivity contribution in [1.29, 1.82) is 0 Å². The molecule has 24 heavy (non-hydrogen) atoms. The molecule has 1 heterocycles. The fraction of sp³-hybridized carbons (Fsp3) is 0.429. The fourth-order valence-corrected chi connectivity index (χ4v) is 2.48. The van der Waals surface area contributed by atoms with Gasteiger partial charge in [0.25, 0.3) is 0 Å². The Morgan fingerprint density at radius 1 is 0.917 bits per heavy atom. The van der Waals surface area contributed by atoms with Crippen molar-refractivity contribution in [3.63, 3.8) is 0 Å². The molecule has 3 rings (SSSR count). The number of hydrogen-bond donors (Lipinski definition) is 0. The van der Waals surface area contributed by atoms with Crippen LogP contribution in [0.2, 0.25) is 0 Å². The first-order valence-electron chi connectivity index (χ1n) is 8.86. The molecule has 1 aliphatic heterocycles. The van der Waals surface area contributed by atoms with Gasteiger partial charge >= 0.3 is 0 Å². The van der Waals surface area contributed by atoms with E-state index in [2.05, 4.69) is 23.1 Å². The van der Waals surface area contributed by atoms with Crippen molar-refractivity contribution in [2.75, 3.05) is 27.2 Å². The van der Waals surface area contributed by atoms with E-state index in [-0.39, 0.29) is 6.10 Å². The lowest BCUT2D eigenvalue weighted by Crippen LogP contribution is -2.38. The molecule has 132 valence electrons. The lowest BCUT2D eigenvalue weighted by Gasteiger charge is -2.29. The van der Waals surface area contributed by atoms with E-state index in [1.54, 1.807) is 0 Å². The Kier molecular flexibility index (Phi) is 8.95. The second-order valence-electron chi connectivity index (χ2n) is 5.31. The van der Waals surface area contributed by atoms with E-state index in [9.17, 15) is 0 Å². The van der Waals surface area contributed by atoms with Crippen molar-refractivity contribution in [1.82, 2.24) is 4.90 Å². The summed E-state index contributed by atoms with van der Waals surface area (Å²) in [4.78, 5) is 2.12. The number of likely N-dealkylation sites (N-methyl/N-ethyl adjacent to an activating group) is 1. The number of rotatable bonds is 3. The number of hydrogen-bond acceptors (Lipinski definition) is 3. The maximum atomic E-state index is 6.16. The van der Waals surface area contributed by atoms with E-state index in [0.29, 0.717) is 6.61 Å². The Balaban J connectivity index is 0.000000671. The number of nitrogens with zero attached hydrogens (tertiary/aromatic N) is 1. The van der Waals surface area contributed by atoms with E-state index in [4.69, 9.17) is 9.47 Å². The van der Waals surface area contributed by atoms with Gasteiger partial charge < -0.3 is 14.4 Å². The van der Waals surface area contributed by atoms with Crippen molar-refractivity contribution in [3.05, 3.63) is 48.5 Å². The van der Waals surface area contributed by atoms with E-state index < -0.39 is 0 Å². The molecular weight excluding hydrogens is 298 g/mol. The summed E-state index contributed by atoms with van der Waals surface area (Å²) >= 11 is 0. The van der Waals surface area contributed by atoms with Crippen LogP contribution >= 0.6 is 0 Å². The molecule has 0 aromatic heterocycles. The van der Waals surface area contributed by atoms with Gasteiger partial charge in [0.15, 0.2) is 11.5 Å². The second-order valence-corrected chi connectivity index (χ2v) is 5.31. The molecule has 2 aromatic carbocycles. The minimum atomic E-state index is 0.0716. The molecular formula is C21H31NO2. The quantitative estimate of drug-likeness (QED) is 0.781. The standard InChI is InChI=1S/C17H19NO2.2C2H6/c1-18(2)11-14-12-19-16-10-6-9-15(17(16)20-14)13-7-4-3-5-8-13;2*1-2/h3-10,14H,11-12H2,1-2H3;2*1-2H3/t14-;;/m0../s1. The minimum Gasteiger partial charge on any atom is -0.486 e. The van der Waals surface area contributed by atoms with E-state index in [1.807, 2.05) is 72.1 Å². The summed E-state index contributed by atoms with van der Waals surface area (Å²) in [6, 6.07) is 16.3. The fourth-order valence-electron chi connectivity index (χ4n) is 2.48. The molecule has 0 saturated heterocycles. The zero-order chi connectivity index (χ0) is 17.9. The average Bonchev–Trinajstić information content (AvgIpc) is 2.65. The van der Waals surface area contributed by atoms with Crippen LogP contribution in [0.15, 0.2) is 48.5 Å². The lowest BCUT2D eigenvalue weighted by molar-refractivity contribution is 0.0717. The normalized spacial score (nSPS) is 14.9. The molecule has 0 spiro atoms. The molecule has 1 atom stereocenters. The van der Waals surface area contributed by atoms with Crippen molar-refractivity contribution >= 4 is 0 Å². The lowest BCUT2D eigenvalue weighted by atomic mass is 10.0. The van der Waals surface area contributed by atoms with Crippen LogP contribution in [0.5, 0.6) is 11.5 Å². The van der Waals surface area contributed by atoms with Crippen LogP contribution < -0.4 is 9.47 Å². The predicted octanol–water partition coefficient (Wildman–Crippen LogP) is 5.11. The highest BCUT2D eigenvalue weighted by Gasteiger charge is 2.24. The molecule has 0 radical (unpaired) electrons. The van der Waals surface area contributed by atoms with Crippen molar-refractivity contribution in [3.8, 4) is 22.6 Å². The van der Waals surface area contributed by atoms with Crippen LogP contribution in [0.3, 0.4) is 0 Å². The van der Waals surface area contributed by atoms with Crippen LogP contribution in [-0.4, -0.2) is 38.3 Å². The van der Waals surface area contributed by atoms with Crippen LogP contribution in [0.1, 0.15) is 27.7 Å². The molecule has 3 heteroatoms. The highest BCUT2D eigenvalue weighted by Crippen LogP contribution is 2.40. The Bertz CT molecular complexity index is 582. The van der Waals surface area contributed by atoms with E-state index in [0.717, 1.165) is 29.2 Å². The molecule has 3 nitrogen and oxygen atoms in total. The topological polar surface area (TPSA) is 21.7 Å². The van der Waals surface area contributed by atoms with Gasteiger partial charge in [-0.25, -0.2) is 0 Å². The zero-order valence-corrected chi connectivity index (χ0v) is 15.9.